The van der Waals surface area contributed by atoms with Gasteiger partial charge in [-0.15, -0.1) is 24.0 Å². The third-order valence-corrected chi connectivity index (χ3v) is 6.42. The summed E-state index contributed by atoms with van der Waals surface area (Å²) < 4.78 is 16.6. The van der Waals surface area contributed by atoms with Gasteiger partial charge in [-0.3, -0.25) is 14.8 Å². The number of hydrogen-bond donors (Lipinski definition) is 2. The van der Waals surface area contributed by atoms with E-state index in [0.717, 1.165) is 69.4 Å². The Bertz CT molecular complexity index is 741. The van der Waals surface area contributed by atoms with Gasteiger partial charge >= 0.3 is 0 Å². The van der Waals surface area contributed by atoms with Crippen molar-refractivity contribution in [2.45, 2.75) is 44.8 Å². The van der Waals surface area contributed by atoms with Gasteiger partial charge in [-0.25, -0.2) is 0 Å². The van der Waals surface area contributed by atoms with Gasteiger partial charge in [-0.1, -0.05) is 6.07 Å². The molecule has 9 heteroatoms. The summed E-state index contributed by atoms with van der Waals surface area (Å²) in [6, 6.07) is 7.53. The molecule has 2 N–H and O–H groups in total. The number of nitrogens with one attached hydrogen (secondary N) is 2. The Hall–Kier alpha value is -1.30. The molecule has 2 unspecified atom stereocenters. The molecule has 1 saturated carbocycles. The van der Waals surface area contributed by atoms with Crippen LogP contribution in [0.5, 0.6) is 11.5 Å². The fourth-order valence-electron chi connectivity index (χ4n) is 4.14. The second kappa shape index (κ2) is 14.2. The van der Waals surface area contributed by atoms with Crippen LogP contribution in [0.3, 0.4) is 0 Å². The predicted octanol–water partition coefficient (Wildman–Crippen LogP) is 2.73. The molecule has 0 spiro atoms. The molecule has 2 fully saturated rings. The summed E-state index contributed by atoms with van der Waals surface area (Å²) >= 11 is 0. The summed E-state index contributed by atoms with van der Waals surface area (Å²) in [5.74, 6) is 2.36. The summed E-state index contributed by atoms with van der Waals surface area (Å²) in [7, 11) is 5.56. The fourth-order valence-corrected chi connectivity index (χ4v) is 4.14. The van der Waals surface area contributed by atoms with Crippen molar-refractivity contribution in [1.29, 1.82) is 0 Å². The molecule has 0 bridgehead atoms. The quantitative estimate of drug-likeness (QED) is 0.239. The number of ether oxygens (including phenoxy) is 3. The molecule has 0 radical (unpaired) electrons. The van der Waals surface area contributed by atoms with E-state index >= 15 is 0 Å². The molecule has 2 atom stereocenters. The van der Waals surface area contributed by atoms with Gasteiger partial charge in [0.1, 0.15) is 0 Å². The van der Waals surface area contributed by atoms with Crippen molar-refractivity contribution >= 4 is 29.9 Å². The van der Waals surface area contributed by atoms with Crippen LogP contribution < -0.4 is 20.1 Å². The van der Waals surface area contributed by atoms with Crippen LogP contribution in [0, 0.1) is 0 Å². The number of hydrogen-bond acceptors (Lipinski definition) is 6. The van der Waals surface area contributed by atoms with E-state index in [9.17, 15) is 0 Å². The Morgan fingerprint density at radius 1 is 1.18 bits per heavy atom. The zero-order valence-corrected chi connectivity index (χ0v) is 23.1. The second-order valence-corrected chi connectivity index (χ2v) is 8.62. The highest BCUT2D eigenvalue weighted by atomic mass is 127. The third-order valence-electron chi connectivity index (χ3n) is 6.42. The summed E-state index contributed by atoms with van der Waals surface area (Å²) in [6.07, 6.45) is 2.63. The van der Waals surface area contributed by atoms with Crippen molar-refractivity contribution in [1.82, 2.24) is 20.4 Å². The molecular formula is C24H42IN5O3. The van der Waals surface area contributed by atoms with E-state index in [1.807, 2.05) is 6.07 Å². The van der Waals surface area contributed by atoms with Crippen molar-refractivity contribution in [3.05, 3.63) is 23.8 Å². The molecule has 1 aliphatic heterocycles. The van der Waals surface area contributed by atoms with Crippen LogP contribution in [-0.4, -0.2) is 95.0 Å². The monoisotopic (exact) mass is 575 g/mol. The summed E-state index contributed by atoms with van der Waals surface area (Å²) in [4.78, 5) is 9.80. The number of guanidine groups is 1. The van der Waals surface area contributed by atoms with Gasteiger partial charge in [0.25, 0.3) is 0 Å². The van der Waals surface area contributed by atoms with Crippen molar-refractivity contribution in [3.8, 4) is 11.5 Å². The molecule has 1 saturated heterocycles. The summed E-state index contributed by atoms with van der Waals surface area (Å²) in [5, 5.41) is 6.99. The van der Waals surface area contributed by atoms with E-state index in [-0.39, 0.29) is 30.0 Å². The Kier molecular flexibility index (Phi) is 12.0. The van der Waals surface area contributed by atoms with Gasteiger partial charge in [0.2, 0.25) is 0 Å². The average Bonchev–Trinajstić information content (AvgIpc) is 3.68. The molecule has 8 nitrogen and oxygen atoms in total. The lowest BCUT2D eigenvalue weighted by atomic mass is 10.0. The first-order valence-electron chi connectivity index (χ1n) is 11.8. The molecule has 0 amide bonds. The number of rotatable bonds is 11. The number of benzene rings is 1. The van der Waals surface area contributed by atoms with Gasteiger partial charge in [-0.05, 0) is 51.4 Å². The van der Waals surface area contributed by atoms with Crippen LogP contribution in [0.1, 0.15) is 38.3 Å². The minimum Gasteiger partial charge on any atom is -0.493 e. The summed E-state index contributed by atoms with van der Waals surface area (Å²) in [5.41, 5.74) is 1.19. The minimum absolute atomic E-state index is 0. The highest BCUT2D eigenvalue weighted by molar-refractivity contribution is 14.0. The molecule has 33 heavy (non-hydrogen) atoms. The number of likely N-dealkylation sites (N-methyl/N-ethyl adjacent to an activating group) is 1. The fraction of sp³-hybridized carbons (Fsp3) is 0.708. The molecule has 1 aromatic carbocycles. The van der Waals surface area contributed by atoms with Crippen molar-refractivity contribution in [2.75, 3.05) is 67.2 Å². The van der Waals surface area contributed by atoms with Crippen molar-refractivity contribution in [3.63, 3.8) is 0 Å². The van der Waals surface area contributed by atoms with E-state index in [0.29, 0.717) is 6.04 Å². The van der Waals surface area contributed by atoms with E-state index < -0.39 is 0 Å². The van der Waals surface area contributed by atoms with Gasteiger partial charge in [0.15, 0.2) is 17.5 Å². The first kappa shape index (κ1) is 27.9. The van der Waals surface area contributed by atoms with Crippen LogP contribution in [0.4, 0.5) is 0 Å². The molecular weight excluding hydrogens is 533 g/mol. The maximum absolute atomic E-state index is 5.60. The SMILES string of the molecule is CCNC(=NCC(C)N(C)C1CC1)NCC(c1ccc(OC)c(OC)c1)N1CCOCC1.I. The van der Waals surface area contributed by atoms with Gasteiger partial charge in [0, 0.05) is 38.3 Å². The van der Waals surface area contributed by atoms with Crippen LogP contribution in [0.25, 0.3) is 0 Å². The smallest absolute Gasteiger partial charge is 0.191 e. The molecule has 1 aliphatic carbocycles. The first-order chi connectivity index (χ1) is 15.6. The maximum Gasteiger partial charge on any atom is 0.191 e. The average molecular weight is 576 g/mol. The van der Waals surface area contributed by atoms with E-state index in [4.69, 9.17) is 19.2 Å². The van der Waals surface area contributed by atoms with Gasteiger partial charge < -0.3 is 24.8 Å². The number of aliphatic imine (C=N–C) groups is 1. The van der Waals surface area contributed by atoms with Crippen LogP contribution >= 0.6 is 24.0 Å². The highest BCUT2D eigenvalue weighted by Crippen LogP contribution is 2.32. The van der Waals surface area contributed by atoms with Gasteiger partial charge in [-0.2, -0.15) is 0 Å². The number of nitrogens with zero attached hydrogens (tertiary/aromatic N) is 3. The van der Waals surface area contributed by atoms with E-state index in [1.165, 1.54) is 18.4 Å². The number of morpholine rings is 1. The Labute approximate surface area is 216 Å². The van der Waals surface area contributed by atoms with Crippen molar-refractivity contribution in [2.24, 2.45) is 4.99 Å². The van der Waals surface area contributed by atoms with Crippen LogP contribution in [0.2, 0.25) is 0 Å². The Balaban J connectivity index is 0.00000385. The molecule has 188 valence electrons. The predicted molar refractivity (Wildman–Crippen MR) is 144 cm³/mol. The Morgan fingerprint density at radius 3 is 2.48 bits per heavy atom. The third kappa shape index (κ3) is 8.15. The lowest BCUT2D eigenvalue weighted by Crippen LogP contribution is -2.46. The number of halogens is 1. The molecule has 1 heterocycles. The van der Waals surface area contributed by atoms with E-state index in [1.54, 1.807) is 14.2 Å². The molecule has 1 aromatic rings. The molecule has 0 aromatic heterocycles. The lowest BCUT2D eigenvalue weighted by Gasteiger charge is -2.35. The van der Waals surface area contributed by atoms with Crippen LogP contribution in [-0.2, 0) is 4.74 Å². The summed E-state index contributed by atoms with van der Waals surface area (Å²) in [6.45, 7) is 10.0. The zero-order valence-electron chi connectivity index (χ0n) is 20.8. The standard InChI is InChI=1S/C24H41N5O3.HI/c1-6-25-24(26-16-18(2)28(3)20-8-9-20)27-17-21(29-11-13-32-14-12-29)19-7-10-22(30-4)23(15-19)31-5;/h7,10,15,18,20-21H,6,8-9,11-14,16-17H2,1-5H3,(H2,25,26,27);1H. The topological polar surface area (TPSA) is 70.6 Å². The molecule has 3 rings (SSSR count). The van der Waals surface area contributed by atoms with E-state index in [2.05, 4.69) is 53.5 Å². The largest absolute Gasteiger partial charge is 0.493 e. The Morgan fingerprint density at radius 2 is 1.88 bits per heavy atom. The second-order valence-electron chi connectivity index (χ2n) is 8.62. The van der Waals surface area contributed by atoms with Crippen molar-refractivity contribution < 1.29 is 14.2 Å². The maximum atomic E-state index is 5.60. The van der Waals surface area contributed by atoms with Crippen LogP contribution in [0.15, 0.2) is 23.2 Å². The number of methoxy groups -OCH3 is 2. The normalized spacial score (nSPS) is 18.9. The lowest BCUT2D eigenvalue weighted by molar-refractivity contribution is 0.0169. The zero-order chi connectivity index (χ0) is 22.9. The van der Waals surface area contributed by atoms with Gasteiger partial charge in [0.05, 0.1) is 40.0 Å². The first-order valence-corrected chi connectivity index (χ1v) is 11.8. The highest BCUT2D eigenvalue weighted by Gasteiger charge is 2.29. The molecule has 2 aliphatic rings. The minimum atomic E-state index is 0.